The maximum atomic E-state index is 12.9. The molecule has 0 aromatic rings. The quantitative estimate of drug-likeness (QED) is 0.0261. The maximum absolute atomic E-state index is 12.9. The smallest absolute Gasteiger partial charge is 0.306 e. The summed E-state index contributed by atoms with van der Waals surface area (Å²) >= 11 is 0. The third kappa shape index (κ3) is 60.1. The van der Waals surface area contributed by atoms with Crippen molar-refractivity contribution in [2.75, 3.05) is 13.2 Å². The van der Waals surface area contributed by atoms with Gasteiger partial charge in [0.15, 0.2) is 6.10 Å². The number of ether oxygens (including phenoxy) is 3. The second-order valence-electron chi connectivity index (χ2n) is 21.7. The molecule has 6 heteroatoms. The predicted molar refractivity (Wildman–Crippen MR) is 316 cm³/mol. The Hall–Kier alpha value is -2.63. The Labute approximate surface area is 454 Å². The molecule has 0 spiro atoms. The Balaban J connectivity index is 4.30. The molecule has 73 heavy (non-hydrogen) atoms. The van der Waals surface area contributed by atoms with Crippen LogP contribution in [0.3, 0.4) is 0 Å². The van der Waals surface area contributed by atoms with Crippen LogP contribution in [0.5, 0.6) is 0 Å². The highest BCUT2D eigenvalue weighted by molar-refractivity contribution is 5.71. The van der Waals surface area contributed by atoms with E-state index in [2.05, 4.69) is 69.4 Å². The van der Waals surface area contributed by atoms with Crippen LogP contribution in [0.15, 0.2) is 48.6 Å². The average molecular weight is 1020 g/mol. The first kappa shape index (κ1) is 70.4. The molecule has 0 saturated carbocycles. The summed E-state index contributed by atoms with van der Waals surface area (Å²) in [5, 5.41) is 0. The molecular weight excluding hydrogens is 901 g/mol. The molecule has 0 aliphatic carbocycles. The summed E-state index contributed by atoms with van der Waals surface area (Å²) < 4.78 is 16.9. The van der Waals surface area contributed by atoms with E-state index in [4.69, 9.17) is 14.2 Å². The van der Waals surface area contributed by atoms with E-state index >= 15 is 0 Å². The maximum Gasteiger partial charge on any atom is 0.306 e. The molecule has 0 N–H and O–H groups in total. The number of allylic oxidation sites excluding steroid dienone is 8. The summed E-state index contributed by atoms with van der Waals surface area (Å²) in [4.78, 5) is 38.3. The number of carbonyl (C=O) groups excluding carboxylic acids is 3. The van der Waals surface area contributed by atoms with Gasteiger partial charge in [-0.15, -0.1) is 0 Å². The van der Waals surface area contributed by atoms with E-state index in [1.54, 1.807) is 0 Å². The molecule has 0 rings (SSSR count). The van der Waals surface area contributed by atoms with Gasteiger partial charge in [0.1, 0.15) is 13.2 Å². The molecular formula is C67H122O6. The summed E-state index contributed by atoms with van der Waals surface area (Å²) in [6.07, 6.45) is 76.9. The highest BCUT2D eigenvalue weighted by atomic mass is 16.6. The lowest BCUT2D eigenvalue weighted by molar-refractivity contribution is -0.167. The number of hydrogen-bond donors (Lipinski definition) is 0. The highest BCUT2D eigenvalue weighted by Gasteiger charge is 2.19. The van der Waals surface area contributed by atoms with Crippen LogP contribution in [0.25, 0.3) is 0 Å². The summed E-state index contributed by atoms with van der Waals surface area (Å²) in [6.45, 7) is 6.63. The van der Waals surface area contributed by atoms with Gasteiger partial charge in [0.05, 0.1) is 0 Å². The summed E-state index contributed by atoms with van der Waals surface area (Å²) in [5.41, 5.74) is 0. The zero-order valence-electron chi connectivity index (χ0n) is 48.9. The molecule has 0 heterocycles. The molecule has 0 aromatic heterocycles. The molecule has 0 radical (unpaired) electrons. The second kappa shape index (κ2) is 61.9. The van der Waals surface area contributed by atoms with E-state index < -0.39 is 6.10 Å². The summed E-state index contributed by atoms with van der Waals surface area (Å²) in [5.74, 6) is -0.880. The Kier molecular flexibility index (Phi) is 59.7. The Bertz CT molecular complexity index is 1270. The van der Waals surface area contributed by atoms with Crippen LogP contribution < -0.4 is 0 Å². The van der Waals surface area contributed by atoms with E-state index in [9.17, 15) is 14.4 Å². The van der Waals surface area contributed by atoms with Crippen molar-refractivity contribution in [1.82, 2.24) is 0 Å². The zero-order valence-corrected chi connectivity index (χ0v) is 48.9. The van der Waals surface area contributed by atoms with E-state index in [1.807, 2.05) is 0 Å². The summed E-state index contributed by atoms with van der Waals surface area (Å²) in [6, 6.07) is 0. The van der Waals surface area contributed by atoms with Gasteiger partial charge in [-0.3, -0.25) is 14.4 Å². The third-order valence-electron chi connectivity index (χ3n) is 14.3. The van der Waals surface area contributed by atoms with Crippen LogP contribution in [-0.4, -0.2) is 37.2 Å². The summed E-state index contributed by atoms with van der Waals surface area (Å²) in [7, 11) is 0. The van der Waals surface area contributed by atoms with Crippen LogP contribution in [0, 0.1) is 0 Å². The van der Waals surface area contributed by atoms with Crippen LogP contribution in [0.2, 0.25) is 0 Å². The van der Waals surface area contributed by atoms with Crippen molar-refractivity contribution in [3.05, 3.63) is 48.6 Å². The molecule has 0 aromatic carbocycles. The predicted octanol–water partition coefficient (Wildman–Crippen LogP) is 21.8. The van der Waals surface area contributed by atoms with Crippen LogP contribution in [0.1, 0.15) is 342 Å². The monoisotopic (exact) mass is 1020 g/mol. The van der Waals surface area contributed by atoms with Gasteiger partial charge in [-0.1, -0.05) is 288 Å². The molecule has 1 unspecified atom stereocenters. The lowest BCUT2D eigenvalue weighted by Gasteiger charge is -2.18. The number of unbranched alkanes of at least 4 members (excludes halogenated alkanes) is 40. The number of rotatable bonds is 59. The molecule has 0 aliphatic rings. The standard InChI is InChI=1S/C67H122O6/c1-4-7-10-13-16-19-22-25-27-29-31-32-33-34-36-37-39-42-45-48-51-54-57-60-66(69)72-63-64(62-71-65(68)59-56-53-50-47-44-41-24-21-18-15-12-9-6-3)73-67(70)61-58-55-52-49-46-43-40-38-35-30-28-26-23-20-17-14-11-8-5-2/h17,20-21,24,26,28,35,38,64H,4-16,18-19,22-23,25,27,29-34,36-37,39-63H2,1-3H3/b20-17-,24-21-,28-26-,38-35-. The second-order valence-corrected chi connectivity index (χ2v) is 21.7. The minimum absolute atomic E-state index is 0.0777. The van der Waals surface area contributed by atoms with Crippen molar-refractivity contribution in [2.45, 2.75) is 348 Å². The normalized spacial score (nSPS) is 12.3. The number of carbonyl (C=O) groups is 3. The van der Waals surface area contributed by atoms with Crippen molar-refractivity contribution in [3.63, 3.8) is 0 Å². The lowest BCUT2D eigenvalue weighted by Crippen LogP contribution is -2.30. The van der Waals surface area contributed by atoms with Crippen molar-refractivity contribution in [1.29, 1.82) is 0 Å². The Morgan fingerprint density at radius 1 is 0.274 bits per heavy atom. The van der Waals surface area contributed by atoms with Gasteiger partial charge >= 0.3 is 17.9 Å². The molecule has 0 saturated heterocycles. The molecule has 0 amide bonds. The fourth-order valence-electron chi connectivity index (χ4n) is 9.45. The Morgan fingerprint density at radius 2 is 0.493 bits per heavy atom. The minimum Gasteiger partial charge on any atom is -0.462 e. The van der Waals surface area contributed by atoms with Gasteiger partial charge < -0.3 is 14.2 Å². The van der Waals surface area contributed by atoms with E-state index in [0.29, 0.717) is 19.3 Å². The first-order chi connectivity index (χ1) is 36.0. The van der Waals surface area contributed by atoms with Crippen molar-refractivity contribution < 1.29 is 28.6 Å². The van der Waals surface area contributed by atoms with E-state index in [-0.39, 0.29) is 31.1 Å². The molecule has 0 fully saturated rings. The van der Waals surface area contributed by atoms with Gasteiger partial charge in [0.2, 0.25) is 0 Å². The van der Waals surface area contributed by atoms with Crippen molar-refractivity contribution in [2.24, 2.45) is 0 Å². The molecule has 426 valence electrons. The van der Waals surface area contributed by atoms with Crippen LogP contribution >= 0.6 is 0 Å². The third-order valence-corrected chi connectivity index (χ3v) is 14.3. The van der Waals surface area contributed by atoms with Crippen LogP contribution in [0.4, 0.5) is 0 Å². The number of esters is 3. The van der Waals surface area contributed by atoms with Gasteiger partial charge in [-0.2, -0.15) is 0 Å². The highest BCUT2D eigenvalue weighted by Crippen LogP contribution is 2.17. The fraction of sp³-hybridized carbons (Fsp3) is 0.836. The molecule has 0 bridgehead atoms. The topological polar surface area (TPSA) is 78.9 Å². The molecule has 1 atom stereocenters. The SMILES string of the molecule is CCCCC/C=C\C/C=C\C/C=C\CCCCCCCCC(=O)OC(COC(=O)CCCCCCC/C=C\CCCCCC)COC(=O)CCCCCCCCCCCCCCCCCCCCCCCCC. The Morgan fingerprint density at radius 3 is 0.822 bits per heavy atom. The zero-order chi connectivity index (χ0) is 52.9. The first-order valence-electron chi connectivity index (χ1n) is 32.1. The van der Waals surface area contributed by atoms with Crippen molar-refractivity contribution >= 4 is 17.9 Å². The van der Waals surface area contributed by atoms with E-state index in [0.717, 1.165) is 89.9 Å². The fourth-order valence-corrected chi connectivity index (χ4v) is 9.45. The van der Waals surface area contributed by atoms with Gasteiger partial charge in [-0.25, -0.2) is 0 Å². The van der Waals surface area contributed by atoms with Gasteiger partial charge in [0.25, 0.3) is 0 Å². The minimum atomic E-state index is -0.782. The van der Waals surface area contributed by atoms with Gasteiger partial charge in [-0.05, 0) is 83.5 Å². The first-order valence-corrected chi connectivity index (χ1v) is 32.1. The van der Waals surface area contributed by atoms with Gasteiger partial charge in [0, 0.05) is 19.3 Å². The van der Waals surface area contributed by atoms with Crippen LogP contribution in [-0.2, 0) is 28.6 Å². The lowest BCUT2D eigenvalue weighted by atomic mass is 10.0. The van der Waals surface area contributed by atoms with Crippen molar-refractivity contribution in [3.8, 4) is 0 Å². The molecule has 0 aliphatic heterocycles. The number of hydrogen-bond acceptors (Lipinski definition) is 6. The van der Waals surface area contributed by atoms with E-state index in [1.165, 1.54) is 212 Å². The largest absolute Gasteiger partial charge is 0.462 e. The molecule has 6 nitrogen and oxygen atoms in total. The average Bonchev–Trinajstić information content (AvgIpc) is 3.39.